The van der Waals surface area contributed by atoms with Crippen molar-refractivity contribution >= 4 is 32.7 Å². The minimum absolute atomic E-state index is 0.0784. The minimum atomic E-state index is -3.29. The summed E-state index contributed by atoms with van der Waals surface area (Å²) in [7, 11) is -3.29. The molecule has 36 heavy (non-hydrogen) atoms. The highest BCUT2D eigenvalue weighted by atomic mass is 35.5. The van der Waals surface area contributed by atoms with Crippen molar-refractivity contribution in [2.75, 3.05) is 19.3 Å². The smallest absolute Gasteiger partial charge is 0.329 e. The molecule has 4 aromatic rings. The third-order valence-electron chi connectivity index (χ3n) is 6.20. The first-order chi connectivity index (χ1) is 17.1. The van der Waals surface area contributed by atoms with Crippen molar-refractivity contribution in [2.45, 2.75) is 31.9 Å². The molecule has 0 aliphatic carbocycles. The molecule has 1 aliphatic rings. The molecule has 0 N–H and O–H groups in total. The zero-order valence-electron chi connectivity index (χ0n) is 19.0. The maximum Gasteiger partial charge on any atom is 0.329 e. The Balaban J connectivity index is 1.45. The van der Waals surface area contributed by atoms with Crippen LogP contribution in [0.4, 0.5) is 8.78 Å². The molecule has 0 unspecified atom stereocenters. The van der Waals surface area contributed by atoms with E-state index in [0.29, 0.717) is 53.2 Å². The van der Waals surface area contributed by atoms with Crippen molar-refractivity contribution in [3.63, 3.8) is 0 Å². The van der Waals surface area contributed by atoms with Gasteiger partial charge in [0.2, 0.25) is 15.9 Å². The largest absolute Gasteiger partial charge is 0.415 e. The van der Waals surface area contributed by atoms with Crippen LogP contribution in [0.1, 0.15) is 36.9 Å². The number of benzene rings is 1. The van der Waals surface area contributed by atoms with Crippen LogP contribution in [-0.2, 0) is 16.6 Å². The average molecular weight is 539 g/mol. The van der Waals surface area contributed by atoms with Crippen LogP contribution in [0.2, 0.25) is 5.02 Å². The highest BCUT2D eigenvalue weighted by molar-refractivity contribution is 7.88. The van der Waals surface area contributed by atoms with Gasteiger partial charge in [0.05, 0.1) is 35.1 Å². The Morgan fingerprint density at radius 3 is 2.50 bits per heavy atom. The molecule has 3 aromatic heterocycles. The second-order valence-electron chi connectivity index (χ2n) is 8.55. The summed E-state index contributed by atoms with van der Waals surface area (Å²) >= 11 is 6.23. The summed E-state index contributed by atoms with van der Waals surface area (Å²) in [4.78, 5) is 17.9. The van der Waals surface area contributed by atoms with Crippen molar-refractivity contribution < 1.29 is 21.6 Å². The molecule has 0 bridgehead atoms. The molecule has 1 fully saturated rings. The first-order valence-corrected chi connectivity index (χ1v) is 13.3. The first-order valence-electron chi connectivity index (χ1n) is 11.0. The van der Waals surface area contributed by atoms with Gasteiger partial charge in [0.1, 0.15) is 0 Å². The lowest BCUT2D eigenvalue weighted by Crippen LogP contribution is -2.40. The third kappa shape index (κ3) is 4.65. The summed E-state index contributed by atoms with van der Waals surface area (Å²) < 4.78 is 58.8. The van der Waals surface area contributed by atoms with Gasteiger partial charge >= 0.3 is 12.1 Å². The lowest BCUT2D eigenvalue weighted by Gasteiger charge is -2.30. The Labute approximate surface area is 209 Å². The van der Waals surface area contributed by atoms with Crippen LogP contribution in [0.15, 0.2) is 45.7 Å². The molecule has 0 radical (unpaired) electrons. The van der Waals surface area contributed by atoms with E-state index < -0.39 is 22.3 Å². The number of halogens is 3. The molecule has 5 rings (SSSR count). The molecule has 0 atom stereocenters. The van der Waals surface area contributed by atoms with Gasteiger partial charge in [-0.2, -0.15) is 8.78 Å². The van der Waals surface area contributed by atoms with E-state index in [4.69, 9.17) is 16.0 Å². The first kappa shape index (κ1) is 24.5. The molecular formula is C22H21ClF2N6O4S. The van der Waals surface area contributed by atoms with Gasteiger partial charge in [0.25, 0.3) is 5.89 Å². The van der Waals surface area contributed by atoms with Crippen LogP contribution in [-0.4, -0.2) is 56.4 Å². The van der Waals surface area contributed by atoms with Gasteiger partial charge in [-0.1, -0.05) is 11.6 Å². The van der Waals surface area contributed by atoms with Crippen molar-refractivity contribution in [3.05, 3.63) is 63.6 Å². The lowest BCUT2D eigenvalue weighted by atomic mass is 10.1. The molecule has 190 valence electrons. The van der Waals surface area contributed by atoms with Crippen LogP contribution in [0.5, 0.6) is 0 Å². The molecule has 14 heteroatoms. The average Bonchev–Trinajstić information content (AvgIpc) is 3.43. The summed E-state index contributed by atoms with van der Waals surface area (Å²) in [6.07, 6.45) is 0.741. The van der Waals surface area contributed by atoms with E-state index in [1.54, 1.807) is 39.5 Å². The summed E-state index contributed by atoms with van der Waals surface area (Å²) in [5, 5.41) is 7.39. The molecule has 1 aliphatic heterocycles. The SMILES string of the molecule is CS(=O)(=O)N1CCC(n2c(=O)n(Cc3ccc(-c4nnc(C(F)F)o4)cn3)c3cc(Cl)ccc32)CC1. The van der Waals surface area contributed by atoms with Crippen molar-refractivity contribution in [2.24, 2.45) is 0 Å². The predicted octanol–water partition coefficient (Wildman–Crippen LogP) is 3.48. The number of nitrogens with zero attached hydrogens (tertiary/aromatic N) is 6. The highest BCUT2D eigenvalue weighted by Crippen LogP contribution is 2.29. The fourth-order valence-corrected chi connectivity index (χ4v) is 5.48. The lowest BCUT2D eigenvalue weighted by molar-refractivity contribution is 0.116. The van der Waals surface area contributed by atoms with E-state index in [0.717, 1.165) is 0 Å². The van der Waals surface area contributed by atoms with Crippen LogP contribution < -0.4 is 5.69 Å². The van der Waals surface area contributed by atoms with Crippen molar-refractivity contribution in [3.8, 4) is 11.5 Å². The molecule has 4 heterocycles. The Kier molecular flexibility index (Phi) is 6.39. The number of aromatic nitrogens is 5. The van der Waals surface area contributed by atoms with E-state index in [9.17, 15) is 22.0 Å². The van der Waals surface area contributed by atoms with Crippen molar-refractivity contribution in [1.29, 1.82) is 0 Å². The number of pyridine rings is 1. The molecule has 0 saturated carbocycles. The Morgan fingerprint density at radius 1 is 1.14 bits per heavy atom. The van der Waals surface area contributed by atoms with Gasteiger partial charge in [-0.05, 0) is 43.2 Å². The predicted molar refractivity (Wildman–Crippen MR) is 127 cm³/mol. The maximum atomic E-state index is 13.6. The van der Waals surface area contributed by atoms with E-state index in [2.05, 4.69) is 15.2 Å². The molecule has 0 amide bonds. The van der Waals surface area contributed by atoms with Gasteiger partial charge in [-0.25, -0.2) is 17.5 Å². The zero-order chi connectivity index (χ0) is 25.6. The van der Waals surface area contributed by atoms with Crippen molar-refractivity contribution in [1.82, 2.24) is 28.6 Å². The van der Waals surface area contributed by atoms with Gasteiger partial charge in [-0.15, -0.1) is 10.2 Å². The zero-order valence-corrected chi connectivity index (χ0v) is 20.6. The normalized spacial score (nSPS) is 15.8. The maximum absolute atomic E-state index is 13.6. The fourth-order valence-electron chi connectivity index (χ4n) is 4.44. The van der Waals surface area contributed by atoms with Crippen LogP contribution >= 0.6 is 11.6 Å². The molecule has 1 aromatic carbocycles. The van der Waals surface area contributed by atoms with Crippen LogP contribution in [0, 0.1) is 0 Å². The Morgan fingerprint density at radius 2 is 1.89 bits per heavy atom. The second-order valence-corrected chi connectivity index (χ2v) is 11.0. The quantitative estimate of drug-likeness (QED) is 0.369. The number of piperidine rings is 1. The number of fused-ring (bicyclic) bond motifs is 1. The number of rotatable bonds is 6. The van der Waals surface area contributed by atoms with Crippen LogP contribution in [0.3, 0.4) is 0 Å². The van der Waals surface area contributed by atoms with Gasteiger partial charge in [-0.3, -0.25) is 14.1 Å². The molecule has 10 nitrogen and oxygen atoms in total. The molecule has 0 spiro atoms. The number of sulfonamides is 1. The summed E-state index contributed by atoms with van der Waals surface area (Å²) in [5.74, 6) is -0.849. The minimum Gasteiger partial charge on any atom is -0.415 e. The van der Waals surface area contributed by atoms with E-state index in [1.807, 2.05) is 0 Å². The van der Waals surface area contributed by atoms with Crippen LogP contribution in [0.25, 0.3) is 22.5 Å². The summed E-state index contributed by atoms with van der Waals surface area (Å²) in [5.41, 5.74) is 1.98. The number of hydrogen-bond acceptors (Lipinski definition) is 7. The topological polar surface area (TPSA) is 116 Å². The second kappa shape index (κ2) is 9.37. The monoisotopic (exact) mass is 538 g/mol. The van der Waals surface area contributed by atoms with E-state index in [-0.39, 0.29) is 24.2 Å². The third-order valence-corrected chi connectivity index (χ3v) is 7.74. The number of imidazole rings is 1. The van der Waals surface area contributed by atoms with E-state index in [1.165, 1.54) is 16.8 Å². The Bertz CT molecular complexity index is 1570. The number of hydrogen-bond donors (Lipinski definition) is 0. The summed E-state index contributed by atoms with van der Waals surface area (Å²) in [6.45, 7) is 0.807. The standard InChI is InChI=1S/C22H21ClF2N6O4S/c1-36(33,34)29-8-6-16(7-9-29)31-17-5-3-14(23)10-18(17)30(22(31)32)12-15-4-2-13(11-26-15)20-27-28-21(35-20)19(24)25/h2-5,10-11,16,19H,6-9,12H2,1H3. The van der Waals surface area contributed by atoms with Gasteiger partial charge in [0, 0.05) is 30.4 Å². The Hall–Kier alpha value is -3.16. The van der Waals surface area contributed by atoms with E-state index >= 15 is 0 Å². The highest BCUT2D eigenvalue weighted by Gasteiger charge is 2.29. The molecular weight excluding hydrogens is 518 g/mol. The fraction of sp³-hybridized carbons (Fsp3) is 0.364. The summed E-state index contributed by atoms with van der Waals surface area (Å²) in [6, 6.07) is 8.28. The van der Waals surface area contributed by atoms with Gasteiger partial charge < -0.3 is 4.42 Å². The molecule has 1 saturated heterocycles. The number of alkyl halides is 2. The van der Waals surface area contributed by atoms with Gasteiger partial charge in [0.15, 0.2) is 0 Å².